The Morgan fingerprint density at radius 2 is 1.43 bits per heavy atom. The molecule has 4 aromatic carbocycles. The first kappa shape index (κ1) is 13.1. The van der Waals surface area contributed by atoms with E-state index >= 15 is 0 Å². The average Bonchev–Trinajstić information content (AvgIpc) is 2.99. The molecule has 5 rings (SSSR count). The number of fused-ring (bicyclic) bond motifs is 7. The standard InChI is InChI=1S/C22H16S/c1-2-14-7-9-18-20-12-11-17-16-6-4-3-5-15(16)8-10-19(17)22(20)23-21(18)13-14/h3-13H,2H2,1H3. The number of hydrogen-bond acceptors (Lipinski definition) is 1. The minimum absolute atomic E-state index is 1.09. The Morgan fingerprint density at radius 1 is 0.696 bits per heavy atom. The Hall–Kier alpha value is -2.38. The maximum absolute atomic E-state index is 2.35. The molecule has 1 heterocycles. The molecule has 0 aliphatic heterocycles. The van der Waals surface area contributed by atoms with Gasteiger partial charge in [-0.1, -0.05) is 67.6 Å². The summed E-state index contributed by atoms with van der Waals surface area (Å²) in [4.78, 5) is 0. The summed E-state index contributed by atoms with van der Waals surface area (Å²) in [6.07, 6.45) is 1.09. The van der Waals surface area contributed by atoms with Crippen LogP contribution in [0.3, 0.4) is 0 Å². The lowest BCUT2D eigenvalue weighted by Crippen LogP contribution is -1.78. The van der Waals surface area contributed by atoms with E-state index in [2.05, 4.69) is 73.7 Å². The average molecular weight is 312 g/mol. The third-order valence-corrected chi connectivity index (χ3v) is 6.03. The second-order valence-corrected chi connectivity index (χ2v) is 7.16. The highest BCUT2D eigenvalue weighted by Gasteiger charge is 2.10. The topological polar surface area (TPSA) is 0 Å². The Morgan fingerprint density at radius 3 is 2.35 bits per heavy atom. The zero-order valence-corrected chi connectivity index (χ0v) is 13.8. The fourth-order valence-electron chi connectivity index (χ4n) is 3.59. The van der Waals surface area contributed by atoms with Gasteiger partial charge in [0.2, 0.25) is 0 Å². The zero-order valence-electron chi connectivity index (χ0n) is 13.0. The van der Waals surface area contributed by atoms with Gasteiger partial charge in [0.1, 0.15) is 0 Å². The molecule has 0 aliphatic carbocycles. The predicted octanol–water partition coefficient (Wildman–Crippen LogP) is 6.92. The second-order valence-electron chi connectivity index (χ2n) is 6.11. The molecule has 0 saturated carbocycles. The third kappa shape index (κ3) is 1.83. The highest BCUT2D eigenvalue weighted by Crippen LogP contribution is 2.40. The first-order chi connectivity index (χ1) is 11.3. The van der Waals surface area contributed by atoms with Crippen molar-refractivity contribution in [1.29, 1.82) is 0 Å². The summed E-state index contributed by atoms with van der Waals surface area (Å²) in [5.74, 6) is 0. The summed E-state index contributed by atoms with van der Waals surface area (Å²) in [7, 11) is 0. The molecule has 0 amide bonds. The van der Waals surface area contributed by atoms with Crippen molar-refractivity contribution < 1.29 is 0 Å². The van der Waals surface area contributed by atoms with Crippen molar-refractivity contribution in [2.24, 2.45) is 0 Å². The van der Waals surface area contributed by atoms with Gasteiger partial charge < -0.3 is 0 Å². The van der Waals surface area contributed by atoms with Crippen molar-refractivity contribution in [3.8, 4) is 0 Å². The van der Waals surface area contributed by atoms with Gasteiger partial charge in [-0.05, 0) is 34.2 Å². The van der Waals surface area contributed by atoms with Gasteiger partial charge in [-0.2, -0.15) is 0 Å². The number of thiophene rings is 1. The normalized spacial score (nSPS) is 11.9. The number of rotatable bonds is 1. The van der Waals surface area contributed by atoms with Crippen molar-refractivity contribution in [2.75, 3.05) is 0 Å². The maximum atomic E-state index is 2.35. The molecule has 23 heavy (non-hydrogen) atoms. The lowest BCUT2D eigenvalue weighted by Gasteiger charge is -2.04. The van der Waals surface area contributed by atoms with Crippen LogP contribution in [0.1, 0.15) is 12.5 Å². The van der Waals surface area contributed by atoms with Crippen LogP contribution in [0.2, 0.25) is 0 Å². The van der Waals surface area contributed by atoms with Crippen LogP contribution in [0.4, 0.5) is 0 Å². The molecule has 0 radical (unpaired) electrons. The molecule has 0 fully saturated rings. The maximum Gasteiger partial charge on any atom is 0.0434 e. The van der Waals surface area contributed by atoms with E-state index in [1.54, 1.807) is 0 Å². The van der Waals surface area contributed by atoms with Gasteiger partial charge in [-0.25, -0.2) is 0 Å². The van der Waals surface area contributed by atoms with E-state index < -0.39 is 0 Å². The fraction of sp³-hybridized carbons (Fsp3) is 0.0909. The van der Waals surface area contributed by atoms with Crippen LogP contribution in [0, 0.1) is 0 Å². The quantitative estimate of drug-likeness (QED) is 0.295. The SMILES string of the molecule is CCc1ccc2c(c1)sc1c2ccc2c3ccccc3ccc21. The van der Waals surface area contributed by atoms with E-state index in [0.29, 0.717) is 0 Å². The molecule has 0 N–H and O–H groups in total. The van der Waals surface area contributed by atoms with Crippen LogP contribution in [-0.4, -0.2) is 0 Å². The van der Waals surface area contributed by atoms with Crippen molar-refractivity contribution >= 4 is 53.1 Å². The molecule has 0 aliphatic rings. The van der Waals surface area contributed by atoms with Crippen molar-refractivity contribution in [2.45, 2.75) is 13.3 Å². The van der Waals surface area contributed by atoms with Gasteiger partial charge in [0.05, 0.1) is 0 Å². The summed E-state index contributed by atoms with van der Waals surface area (Å²) in [5.41, 5.74) is 1.42. The molecule has 1 heteroatoms. The Balaban J connectivity index is 1.97. The van der Waals surface area contributed by atoms with Gasteiger partial charge in [0.15, 0.2) is 0 Å². The van der Waals surface area contributed by atoms with E-state index in [4.69, 9.17) is 0 Å². The molecule has 0 saturated heterocycles. The molecule has 110 valence electrons. The van der Waals surface area contributed by atoms with E-state index in [-0.39, 0.29) is 0 Å². The molecular formula is C22H16S. The highest BCUT2D eigenvalue weighted by atomic mass is 32.1. The van der Waals surface area contributed by atoms with Crippen LogP contribution in [0.15, 0.2) is 66.7 Å². The molecule has 0 nitrogen and oxygen atoms in total. The van der Waals surface area contributed by atoms with E-state index in [0.717, 1.165) is 6.42 Å². The molecule has 1 aromatic heterocycles. The Labute approximate surface area is 139 Å². The van der Waals surface area contributed by atoms with Crippen LogP contribution in [0.5, 0.6) is 0 Å². The van der Waals surface area contributed by atoms with Gasteiger partial charge in [-0.15, -0.1) is 11.3 Å². The van der Waals surface area contributed by atoms with E-state index in [1.807, 2.05) is 11.3 Å². The van der Waals surface area contributed by atoms with Crippen LogP contribution < -0.4 is 0 Å². The minimum Gasteiger partial charge on any atom is -0.135 e. The smallest absolute Gasteiger partial charge is 0.0434 e. The molecule has 0 atom stereocenters. The first-order valence-electron chi connectivity index (χ1n) is 8.11. The molecule has 0 bridgehead atoms. The van der Waals surface area contributed by atoms with Crippen molar-refractivity contribution in [3.63, 3.8) is 0 Å². The van der Waals surface area contributed by atoms with Crippen LogP contribution >= 0.6 is 11.3 Å². The predicted molar refractivity (Wildman–Crippen MR) is 104 cm³/mol. The molecule has 5 aromatic rings. The summed E-state index contributed by atoms with van der Waals surface area (Å²) in [5, 5.41) is 8.17. The summed E-state index contributed by atoms with van der Waals surface area (Å²) >= 11 is 1.93. The monoisotopic (exact) mass is 312 g/mol. The van der Waals surface area contributed by atoms with E-state index in [9.17, 15) is 0 Å². The highest BCUT2D eigenvalue weighted by molar-refractivity contribution is 7.26. The molecule has 0 unspecified atom stereocenters. The van der Waals surface area contributed by atoms with Gasteiger partial charge in [-0.3, -0.25) is 0 Å². The second kappa shape index (κ2) is 4.81. The van der Waals surface area contributed by atoms with E-state index in [1.165, 1.54) is 47.3 Å². The zero-order chi connectivity index (χ0) is 15.4. The summed E-state index contributed by atoms with van der Waals surface area (Å²) in [6, 6.07) is 24.7. The number of benzene rings is 4. The van der Waals surface area contributed by atoms with Crippen molar-refractivity contribution in [1.82, 2.24) is 0 Å². The largest absolute Gasteiger partial charge is 0.135 e. The lowest BCUT2D eigenvalue weighted by atomic mass is 10.00. The van der Waals surface area contributed by atoms with Gasteiger partial charge >= 0.3 is 0 Å². The lowest BCUT2D eigenvalue weighted by molar-refractivity contribution is 1.15. The summed E-state index contributed by atoms with van der Waals surface area (Å²) in [6.45, 7) is 2.22. The molecular weight excluding hydrogens is 296 g/mol. The van der Waals surface area contributed by atoms with Crippen LogP contribution in [-0.2, 0) is 6.42 Å². The van der Waals surface area contributed by atoms with Crippen molar-refractivity contribution in [3.05, 3.63) is 72.3 Å². The third-order valence-electron chi connectivity index (χ3n) is 4.83. The first-order valence-corrected chi connectivity index (χ1v) is 8.92. The van der Waals surface area contributed by atoms with Gasteiger partial charge in [0, 0.05) is 25.6 Å². The Bertz CT molecular complexity index is 1190. The molecule has 0 spiro atoms. The fourth-order valence-corrected chi connectivity index (χ4v) is 4.88. The van der Waals surface area contributed by atoms with Crippen LogP contribution in [0.25, 0.3) is 41.7 Å². The van der Waals surface area contributed by atoms with Gasteiger partial charge in [0.25, 0.3) is 0 Å². The Kier molecular flexibility index (Phi) is 2.74. The summed E-state index contributed by atoms with van der Waals surface area (Å²) < 4.78 is 2.82. The minimum atomic E-state index is 1.09. The number of aryl methyl sites for hydroxylation is 1. The number of hydrogen-bond donors (Lipinski definition) is 0.